The highest BCUT2D eigenvalue weighted by Crippen LogP contribution is 2.29. The summed E-state index contributed by atoms with van der Waals surface area (Å²) in [7, 11) is -3.99. The fraction of sp³-hybridized carbons (Fsp3) is 0.231. The number of carbonyl (C=O) groups excluding carboxylic acids is 2. The number of fused-ring (bicyclic) bond motifs is 1. The standard InChI is InChI=1S/C26H25ClN2O5S/c27-22-14-13-20(15-24(22)35(32,33)28-16-18-7-2-1-3-8-18)26(31)34-17-25(30)29-23-12-6-10-19-9-4-5-11-21(19)23/h1-5,7-9,11,13-15,23,28H,6,10,12,16-17H2,(H,29,30)/t23-/m1/s1. The molecule has 0 spiro atoms. The quantitative estimate of drug-likeness (QED) is 0.441. The number of amides is 1. The van der Waals surface area contributed by atoms with Crippen molar-refractivity contribution in [1.82, 2.24) is 10.0 Å². The normalized spacial score (nSPS) is 15.2. The van der Waals surface area contributed by atoms with E-state index < -0.39 is 28.5 Å². The van der Waals surface area contributed by atoms with Gasteiger partial charge in [0.25, 0.3) is 5.91 Å². The molecule has 9 heteroatoms. The predicted molar refractivity (Wildman–Crippen MR) is 132 cm³/mol. The van der Waals surface area contributed by atoms with E-state index in [1.807, 2.05) is 24.3 Å². The molecule has 4 rings (SSSR count). The van der Waals surface area contributed by atoms with Crippen molar-refractivity contribution in [3.63, 3.8) is 0 Å². The second kappa shape index (κ2) is 11.0. The first-order valence-corrected chi connectivity index (χ1v) is 13.1. The molecule has 1 atom stereocenters. The second-order valence-corrected chi connectivity index (χ2v) is 10.4. The lowest BCUT2D eigenvalue weighted by molar-refractivity contribution is -0.125. The van der Waals surface area contributed by atoms with Crippen molar-refractivity contribution in [3.8, 4) is 0 Å². The van der Waals surface area contributed by atoms with Gasteiger partial charge in [-0.3, -0.25) is 4.79 Å². The minimum atomic E-state index is -3.99. The molecule has 182 valence electrons. The summed E-state index contributed by atoms with van der Waals surface area (Å²) in [6.45, 7) is -0.410. The van der Waals surface area contributed by atoms with Crippen LogP contribution in [0.1, 0.15) is 45.9 Å². The van der Waals surface area contributed by atoms with Crippen LogP contribution in [0.3, 0.4) is 0 Å². The zero-order chi connectivity index (χ0) is 24.8. The first-order chi connectivity index (χ1) is 16.8. The van der Waals surface area contributed by atoms with Crippen LogP contribution in [-0.4, -0.2) is 26.9 Å². The molecule has 1 aliphatic carbocycles. The van der Waals surface area contributed by atoms with Crippen molar-refractivity contribution in [1.29, 1.82) is 0 Å². The highest BCUT2D eigenvalue weighted by molar-refractivity contribution is 7.89. The van der Waals surface area contributed by atoms with E-state index in [1.165, 1.54) is 17.7 Å². The number of nitrogens with one attached hydrogen (secondary N) is 2. The third-order valence-corrected chi connectivity index (χ3v) is 7.69. The van der Waals surface area contributed by atoms with Crippen LogP contribution < -0.4 is 10.0 Å². The van der Waals surface area contributed by atoms with E-state index in [0.29, 0.717) is 0 Å². The molecule has 0 aromatic heterocycles. The molecule has 0 radical (unpaired) electrons. The molecule has 0 aliphatic heterocycles. The summed E-state index contributed by atoms with van der Waals surface area (Å²) in [6.07, 6.45) is 2.74. The number of aryl methyl sites for hydroxylation is 1. The molecule has 0 bridgehead atoms. The molecule has 0 saturated carbocycles. The predicted octanol–water partition coefficient (Wildman–Crippen LogP) is 4.17. The zero-order valence-corrected chi connectivity index (χ0v) is 20.4. The molecule has 1 aliphatic rings. The first kappa shape index (κ1) is 24.9. The molecular weight excluding hydrogens is 488 g/mol. The number of halogens is 1. The van der Waals surface area contributed by atoms with Gasteiger partial charge in [-0.2, -0.15) is 0 Å². The number of carbonyl (C=O) groups is 2. The maximum Gasteiger partial charge on any atom is 0.338 e. The molecule has 7 nitrogen and oxygen atoms in total. The van der Waals surface area contributed by atoms with Gasteiger partial charge in [-0.15, -0.1) is 0 Å². The third-order valence-electron chi connectivity index (χ3n) is 5.80. The average molecular weight is 513 g/mol. The number of esters is 1. The highest BCUT2D eigenvalue weighted by Gasteiger charge is 2.23. The minimum Gasteiger partial charge on any atom is -0.452 e. The molecular formula is C26H25ClN2O5S. The summed E-state index contributed by atoms with van der Waals surface area (Å²) in [5, 5.41) is 2.88. The Balaban J connectivity index is 1.37. The molecule has 3 aromatic carbocycles. The lowest BCUT2D eigenvalue weighted by atomic mass is 9.88. The van der Waals surface area contributed by atoms with Crippen LogP contribution in [-0.2, 0) is 32.5 Å². The van der Waals surface area contributed by atoms with E-state index in [4.69, 9.17) is 16.3 Å². The molecule has 0 saturated heterocycles. The highest BCUT2D eigenvalue weighted by atomic mass is 35.5. The van der Waals surface area contributed by atoms with Crippen LogP contribution in [0.25, 0.3) is 0 Å². The molecule has 35 heavy (non-hydrogen) atoms. The molecule has 2 N–H and O–H groups in total. The van der Waals surface area contributed by atoms with Crippen LogP contribution in [0.15, 0.2) is 77.7 Å². The van der Waals surface area contributed by atoms with E-state index in [1.54, 1.807) is 24.3 Å². The summed E-state index contributed by atoms with van der Waals surface area (Å²) >= 11 is 6.11. The van der Waals surface area contributed by atoms with Crippen molar-refractivity contribution in [2.45, 2.75) is 36.7 Å². The van der Waals surface area contributed by atoms with E-state index >= 15 is 0 Å². The minimum absolute atomic E-state index is 0.0229. The number of hydrogen-bond acceptors (Lipinski definition) is 5. The molecule has 0 fully saturated rings. The summed E-state index contributed by atoms with van der Waals surface area (Å²) in [5.41, 5.74) is 3.03. The Morgan fingerprint density at radius 1 is 1.00 bits per heavy atom. The lowest BCUT2D eigenvalue weighted by Crippen LogP contribution is -2.34. The van der Waals surface area contributed by atoms with Crippen LogP contribution in [0.4, 0.5) is 0 Å². The second-order valence-electron chi connectivity index (χ2n) is 8.24. The van der Waals surface area contributed by atoms with Crippen molar-refractivity contribution < 1.29 is 22.7 Å². The van der Waals surface area contributed by atoms with Gasteiger partial charge >= 0.3 is 5.97 Å². The van der Waals surface area contributed by atoms with Gasteiger partial charge in [0.2, 0.25) is 10.0 Å². The van der Waals surface area contributed by atoms with E-state index in [9.17, 15) is 18.0 Å². The van der Waals surface area contributed by atoms with Gasteiger partial charge < -0.3 is 10.1 Å². The number of sulfonamides is 1. The largest absolute Gasteiger partial charge is 0.452 e. The third kappa shape index (κ3) is 6.28. The molecule has 0 heterocycles. The maximum atomic E-state index is 12.8. The van der Waals surface area contributed by atoms with Gasteiger partial charge in [0, 0.05) is 6.54 Å². The molecule has 0 unspecified atom stereocenters. The molecule has 1 amide bonds. The Kier molecular flexibility index (Phi) is 7.85. The van der Waals surface area contributed by atoms with E-state index in [-0.39, 0.29) is 28.1 Å². The Morgan fingerprint density at radius 2 is 1.74 bits per heavy atom. The summed E-state index contributed by atoms with van der Waals surface area (Å²) in [4.78, 5) is 24.7. The van der Waals surface area contributed by atoms with Crippen LogP contribution in [0.5, 0.6) is 0 Å². The Bertz CT molecular complexity index is 1330. The Labute approximate surface area is 209 Å². The summed E-state index contributed by atoms with van der Waals surface area (Å²) in [5.74, 6) is -1.24. The van der Waals surface area contributed by atoms with Gasteiger partial charge in [-0.1, -0.05) is 66.2 Å². The Hall–Kier alpha value is -3.20. The van der Waals surface area contributed by atoms with Crippen molar-refractivity contribution in [2.75, 3.05) is 6.61 Å². The van der Waals surface area contributed by atoms with Crippen LogP contribution >= 0.6 is 11.6 Å². The lowest BCUT2D eigenvalue weighted by Gasteiger charge is -2.26. The summed E-state index contributed by atoms with van der Waals surface area (Å²) < 4.78 is 33.2. The molecule has 3 aromatic rings. The SMILES string of the molecule is O=C(COC(=O)c1ccc(Cl)c(S(=O)(=O)NCc2ccccc2)c1)N[C@@H]1CCCc2ccccc21. The van der Waals surface area contributed by atoms with Gasteiger partial charge in [0.15, 0.2) is 6.61 Å². The van der Waals surface area contributed by atoms with Gasteiger partial charge in [-0.05, 0) is 54.2 Å². The number of hydrogen-bond donors (Lipinski definition) is 2. The van der Waals surface area contributed by atoms with Crippen molar-refractivity contribution >= 4 is 33.5 Å². The number of ether oxygens (including phenoxy) is 1. The smallest absolute Gasteiger partial charge is 0.338 e. The van der Waals surface area contributed by atoms with Crippen molar-refractivity contribution in [3.05, 3.63) is 100 Å². The number of benzene rings is 3. The number of rotatable bonds is 8. The zero-order valence-electron chi connectivity index (χ0n) is 18.9. The maximum absolute atomic E-state index is 12.8. The van der Waals surface area contributed by atoms with Crippen molar-refractivity contribution in [2.24, 2.45) is 0 Å². The van der Waals surface area contributed by atoms with E-state index in [2.05, 4.69) is 16.1 Å². The van der Waals surface area contributed by atoms with Crippen LogP contribution in [0.2, 0.25) is 5.02 Å². The fourth-order valence-electron chi connectivity index (χ4n) is 4.04. The van der Waals surface area contributed by atoms with Gasteiger partial charge in [0.05, 0.1) is 16.6 Å². The first-order valence-electron chi connectivity index (χ1n) is 11.2. The monoisotopic (exact) mass is 512 g/mol. The fourth-order valence-corrected chi connectivity index (χ4v) is 5.58. The topological polar surface area (TPSA) is 102 Å². The van der Waals surface area contributed by atoms with Crippen LogP contribution in [0, 0.1) is 0 Å². The van der Waals surface area contributed by atoms with E-state index in [0.717, 1.165) is 36.5 Å². The summed E-state index contributed by atoms with van der Waals surface area (Å²) in [6, 6.07) is 20.6. The Morgan fingerprint density at radius 3 is 2.54 bits per heavy atom. The average Bonchev–Trinajstić information content (AvgIpc) is 2.87. The van der Waals surface area contributed by atoms with Gasteiger partial charge in [0.1, 0.15) is 4.90 Å². The van der Waals surface area contributed by atoms with Gasteiger partial charge in [-0.25, -0.2) is 17.9 Å².